The highest BCUT2D eigenvalue weighted by atomic mass is 16.5. The number of aromatic nitrogens is 2. The summed E-state index contributed by atoms with van der Waals surface area (Å²) in [5, 5.41) is 4.59. The molecule has 0 atom stereocenters. The number of esters is 2. The first-order valence-electron chi connectivity index (χ1n) is 10.1. The van der Waals surface area contributed by atoms with Crippen molar-refractivity contribution in [2.75, 3.05) is 27.9 Å². The molecule has 3 aromatic rings. The second-order valence-electron chi connectivity index (χ2n) is 7.37. The van der Waals surface area contributed by atoms with Gasteiger partial charge in [-0.05, 0) is 36.2 Å². The highest BCUT2D eigenvalue weighted by Gasteiger charge is 2.31. The molecule has 8 heteroatoms. The Balaban J connectivity index is 2.23. The third-order valence-corrected chi connectivity index (χ3v) is 4.66. The molecule has 1 aromatic heterocycles. The van der Waals surface area contributed by atoms with Gasteiger partial charge in [-0.25, -0.2) is 14.3 Å². The first-order chi connectivity index (χ1) is 15.4. The molecule has 168 valence electrons. The normalized spacial score (nSPS) is 10.7. The Hall–Kier alpha value is -3.81. The molecule has 0 amide bonds. The zero-order valence-electron chi connectivity index (χ0n) is 18.7. The average molecular weight is 438 g/mol. The quantitative estimate of drug-likeness (QED) is 0.488. The fraction of sp³-hybridized carbons (Fsp3) is 0.292. The van der Waals surface area contributed by atoms with E-state index in [1.54, 1.807) is 42.5 Å². The van der Waals surface area contributed by atoms with Gasteiger partial charge in [0.05, 0.1) is 33.6 Å². The molecule has 0 spiro atoms. The number of carbonyl (C=O) groups excluding carboxylic acids is 2. The number of nitrogens with zero attached hydrogens (tertiary/aromatic N) is 2. The lowest BCUT2D eigenvalue weighted by atomic mass is 10.0. The maximum Gasteiger partial charge on any atom is 0.357 e. The lowest BCUT2D eigenvalue weighted by Crippen LogP contribution is -2.15. The molecular formula is C24H26N2O6. The predicted octanol–water partition coefficient (Wildman–Crippen LogP) is 4.16. The fourth-order valence-electron chi connectivity index (χ4n) is 3.15. The van der Waals surface area contributed by atoms with Gasteiger partial charge < -0.3 is 18.9 Å². The summed E-state index contributed by atoms with van der Waals surface area (Å²) in [6.07, 6.45) is 0. The topological polar surface area (TPSA) is 88.9 Å². The lowest BCUT2D eigenvalue weighted by Gasteiger charge is -2.13. The second kappa shape index (κ2) is 10.00. The molecule has 32 heavy (non-hydrogen) atoms. The number of benzene rings is 2. The van der Waals surface area contributed by atoms with Gasteiger partial charge in [0.2, 0.25) is 0 Å². The van der Waals surface area contributed by atoms with Crippen molar-refractivity contribution < 1.29 is 28.5 Å². The number of para-hydroxylation sites is 1. The zero-order chi connectivity index (χ0) is 23.3. The van der Waals surface area contributed by atoms with Crippen LogP contribution in [0.2, 0.25) is 0 Å². The molecule has 0 aliphatic heterocycles. The smallest absolute Gasteiger partial charge is 0.357 e. The predicted molar refractivity (Wildman–Crippen MR) is 119 cm³/mol. The van der Waals surface area contributed by atoms with Crippen molar-refractivity contribution in [2.45, 2.75) is 13.8 Å². The molecule has 8 nitrogen and oxygen atoms in total. The van der Waals surface area contributed by atoms with Gasteiger partial charge in [-0.3, -0.25) is 0 Å². The van der Waals surface area contributed by atoms with Crippen LogP contribution in [0.15, 0.2) is 48.5 Å². The second-order valence-corrected chi connectivity index (χ2v) is 7.37. The van der Waals surface area contributed by atoms with E-state index < -0.39 is 11.9 Å². The van der Waals surface area contributed by atoms with E-state index in [-0.39, 0.29) is 17.0 Å². The lowest BCUT2D eigenvalue weighted by molar-refractivity contribution is 0.0549. The maximum atomic E-state index is 12.8. The van der Waals surface area contributed by atoms with E-state index in [1.807, 2.05) is 19.9 Å². The summed E-state index contributed by atoms with van der Waals surface area (Å²) in [4.78, 5) is 25.4. The first kappa shape index (κ1) is 22.9. The third kappa shape index (κ3) is 4.59. The van der Waals surface area contributed by atoms with Gasteiger partial charge >= 0.3 is 11.9 Å². The number of methoxy groups -OCH3 is 3. The summed E-state index contributed by atoms with van der Waals surface area (Å²) in [6.45, 7) is 4.63. The van der Waals surface area contributed by atoms with Crippen LogP contribution >= 0.6 is 0 Å². The number of carbonyl (C=O) groups is 2. The van der Waals surface area contributed by atoms with E-state index in [4.69, 9.17) is 18.9 Å². The fourth-order valence-corrected chi connectivity index (χ4v) is 3.15. The van der Waals surface area contributed by atoms with E-state index in [9.17, 15) is 9.59 Å². The van der Waals surface area contributed by atoms with Crippen LogP contribution in [-0.2, 0) is 9.47 Å². The Labute approximate surface area is 186 Å². The third-order valence-electron chi connectivity index (χ3n) is 4.66. The molecule has 0 aliphatic carbocycles. The van der Waals surface area contributed by atoms with Crippen LogP contribution in [0.3, 0.4) is 0 Å². The summed E-state index contributed by atoms with van der Waals surface area (Å²) >= 11 is 0. The minimum Gasteiger partial charge on any atom is -0.493 e. The van der Waals surface area contributed by atoms with Crippen molar-refractivity contribution in [1.29, 1.82) is 0 Å². The standard InChI is InChI=1S/C24H26N2O6/c1-15(2)14-32-18-12-11-16(13-19(18)29-3)21-20(23(27)30-4)22(24(28)31-5)26(25-21)17-9-7-6-8-10-17/h6-13,15H,14H2,1-5H3. The van der Waals surface area contributed by atoms with E-state index in [0.29, 0.717) is 35.3 Å². The van der Waals surface area contributed by atoms with Crippen LogP contribution < -0.4 is 9.47 Å². The molecule has 0 saturated heterocycles. The summed E-state index contributed by atoms with van der Waals surface area (Å²) in [5.41, 5.74) is 1.38. The summed E-state index contributed by atoms with van der Waals surface area (Å²) in [5.74, 6) is -0.0267. The molecular weight excluding hydrogens is 412 g/mol. The van der Waals surface area contributed by atoms with Crippen molar-refractivity contribution in [3.8, 4) is 28.4 Å². The first-order valence-corrected chi connectivity index (χ1v) is 10.1. The molecule has 0 N–H and O–H groups in total. The molecule has 0 unspecified atom stereocenters. The number of hydrogen-bond donors (Lipinski definition) is 0. The van der Waals surface area contributed by atoms with E-state index >= 15 is 0 Å². The SMILES string of the molecule is COC(=O)c1c(-c2ccc(OCC(C)C)c(OC)c2)nn(-c2ccccc2)c1C(=O)OC. The Morgan fingerprint density at radius 1 is 0.938 bits per heavy atom. The van der Waals surface area contributed by atoms with Crippen molar-refractivity contribution in [2.24, 2.45) is 5.92 Å². The minimum atomic E-state index is -0.711. The summed E-state index contributed by atoms with van der Waals surface area (Å²) in [6, 6.07) is 14.2. The van der Waals surface area contributed by atoms with Gasteiger partial charge in [0, 0.05) is 5.56 Å². The van der Waals surface area contributed by atoms with Gasteiger partial charge in [-0.15, -0.1) is 0 Å². The highest BCUT2D eigenvalue weighted by Crippen LogP contribution is 2.35. The van der Waals surface area contributed by atoms with Gasteiger partial charge in [-0.1, -0.05) is 32.0 Å². The molecule has 0 bridgehead atoms. The van der Waals surface area contributed by atoms with E-state index in [0.717, 1.165) is 0 Å². The number of rotatable bonds is 8. The summed E-state index contributed by atoms with van der Waals surface area (Å²) in [7, 11) is 4.02. The van der Waals surface area contributed by atoms with Crippen molar-refractivity contribution in [3.05, 3.63) is 59.8 Å². The molecule has 1 heterocycles. The largest absolute Gasteiger partial charge is 0.493 e. The van der Waals surface area contributed by atoms with Crippen molar-refractivity contribution in [1.82, 2.24) is 9.78 Å². The zero-order valence-corrected chi connectivity index (χ0v) is 18.7. The Morgan fingerprint density at radius 2 is 1.62 bits per heavy atom. The molecule has 3 rings (SSSR count). The molecule has 2 aromatic carbocycles. The Morgan fingerprint density at radius 3 is 2.22 bits per heavy atom. The van der Waals surface area contributed by atoms with Crippen molar-refractivity contribution in [3.63, 3.8) is 0 Å². The van der Waals surface area contributed by atoms with E-state index in [1.165, 1.54) is 26.0 Å². The Kier molecular flexibility index (Phi) is 7.14. The average Bonchev–Trinajstić information content (AvgIpc) is 3.22. The molecule has 0 radical (unpaired) electrons. The molecule has 0 fully saturated rings. The van der Waals surface area contributed by atoms with Crippen LogP contribution in [0.25, 0.3) is 16.9 Å². The van der Waals surface area contributed by atoms with E-state index in [2.05, 4.69) is 5.10 Å². The molecule has 0 aliphatic rings. The van der Waals surface area contributed by atoms with Crippen molar-refractivity contribution >= 4 is 11.9 Å². The van der Waals surface area contributed by atoms with Gasteiger partial charge in [0.15, 0.2) is 17.2 Å². The summed E-state index contributed by atoms with van der Waals surface area (Å²) < 4.78 is 22.6. The monoisotopic (exact) mass is 438 g/mol. The maximum absolute atomic E-state index is 12.8. The Bertz CT molecular complexity index is 1110. The van der Waals surface area contributed by atoms with Crippen LogP contribution in [0.5, 0.6) is 11.5 Å². The van der Waals surface area contributed by atoms with Gasteiger partial charge in [-0.2, -0.15) is 5.10 Å². The highest BCUT2D eigenvalue weighted by molar-refractivity contribution is 6.06. The van der Waals surface area contributed by atoms with Crippen LogP contribution in [0, 0.1) is 5.92 Å². The van der Waals surface area contributed by atoms with Crippen LogP contribution in [0.1, 0.15) is 34.7 Å². The van der Waals surface area contributed by atoms with Crippen LogP contribution in [-0.4, -0.2) is 49.7 Å². The van der Waals surface area contributed by atoms with Gasteiger partial charge in [0.25, 0.3) is 0 Å². The minimum absolute atomic E-state index is 0.00102. The van der Waals surface area contributed by atoms with Crippen LogP contribution in [0.4, 0.5) is 0 Å². The molecule has 0 saturated carbocycles. The van der Waals surface area contributed by atoms with Gasteiger partial charge in [0.1, 0.15) is 11.3 Å². The number of hydrogen-bond acceptors (Lipinski definition) is 7. The number of ether oxygens (including phenoxy) is 4.